The van der Waals surface area contributed by atoms with Crippen LogP contribution in [0.15, 0.2) is 18.2 Å². The maximum atomic E-state index is 12.5. The van der Waals surface area contributed by atoms with Gasteiger partial charge in [0.15, 0.2) is 0 Å². The molecule has 1 aliphatic rings. The summed E-state index contributed by atoms with van der Waals surface area (Å²) in [5, 5.41) is 3.18. The van der Waals surface area contributed by atoms with Crippen molar-refractivity contribution in [3.63, 3.8) is 0 Å². The third-order valence-electron chi connectivity index (χ3n) is 4.99. The first kappa shape index (κ1) is 15.0. The van der Waals surface area contributed by atoms with E-state index in [9.17, 15) is 4.79 Å². The van der Waals surface area contributed by atoms with E-state index < -0.39 is 0 Å². The molecule has 1 saturated carbocycles. The molecule has 0 aromatic heterocycles. The third kappa shape index (κ3) is 2.14. The van der Waals surface area contributed by atoms with Gasteiger partial charge in [0.25, 0.3) is 5.91 Å². The van der Waals surface area contributed by atoms with Crippen LogP contribution in [0.25, 0.3) is 0 Å². The number of hydrogen-bond donors (Lipinski definition) is 2. The number of benzene rings is 1. The molecule has 0 heterocycles. The van der Waals surface area contributed by atoms with Gasteiger partial charge in [-0.25, -0.2) is 0 Å². The summed E-state index contributed by atoms with van der Waals surface area (Å²) in [5.41, 5.74) is 9.03. The van der Waals surface area contributed by atoms with Gasteiger partial charge in [-0.05, 0) is 25.5 Å². The Labute approximate surface area is 121 Å². The van der Waals surface area contributed by atoms with Gasteiger partial charge in [0.1, 0.15) is 0 Å². The number of hydrogen-bond acceptors (Lipinski definition) is 2. The highest BCUT2D eigenvalue weighted by Gasteiger charge is 2.60. The van der Waals surface area contributed by atoms with Gasteiger partial charge in [0, 0.05) is 28.5 Å². The molecule has 110 valence electrons. The average Bonchev–Trinajstić information content (AvgIpc) is 2.34. The number of nitrogens with two attached hydrogens (primary N) is 1. The van der Waals surface area contributed by atoms with Gasteiger partial charge in [0.05, 0.1) is 0 Å². The minimum atomic E-state index is -0.0717. The summed E-state index contributed by atoms with van der Waals surface area (Å²) in [6, 6.07) is 6.11. The SMILES string of the molecule is Cc1ccc(C(=O)NC2C(C)(C)C(N)C2(C)C)c(C)c1. The van der Waals surface area contributed by atoms with Gasteiger partial charge in [-0.2, -0.15) is 0 Å². The predicted octanol–water partition coefficient (Wildman–Crippen LogP) is 2.80. The van der Waals surface area contributed by atoms with Crippen LogP contribution in [0.5, 0.6) is 0 Å². The Kier molecular flexibility index (Phi) is 3.45. The van der Waals surface area contributed by atoms with Crippen LogP contribution in [-0.4, -0.2) is 18.0 Å². The number of carbonyl (C=O) groups is 1. The van der Waals surface area contributed by atoms with Crippen LogP contribution in [0, 0.1) is 24.7 Å². The van der Waals surface area contributed by atoms with E-state index in [1.807, 2.05) is 32.0 Å². The minimum Gasteiger partial charge on any atom is -0.348 e. The maximum absolute atomic E-state index is 12.5. The highest BCUT2D eigenvalue weighted by molar-refractivity contribution is 5.96. The van der Waals surface area contributed by atoms with Crippen LogP contribution in [-0.2, 0) is 0 Å². The molecule has 3 nitrogen and oxygen atoms in total. The number of aryl methyl sites for hydroxylation is 2. The zero-order valence-corrected chi connectivity index (χ0v) is 13.4. The van der Waals surface area contributed by atoms with E-state index in [2.05, 4.69) is 33.0 Å². The summed E-state index contributed by atoms with van der Waals surface area (Å²) in [4.78, 5) is 12.5. The molecular weight excluding hydrogens is 248 g/mol. The molecule has 3 heteroatoms. The lowest BCUT2D eigenvalue weighted by atomic mass is 9.48. The molecule has 3 N–H and O–H groups in total. The lowest BCUT2D eigenvalue weighted by Crippen LogP contribution is -2.76. The standard InChI is InChI=1S/C17H26N2O/c1-10-7-8-12(11(2)9-10)13(20)19-15-16(3,4)14(18)17(15,5)6/h7-9,14-15H,18H2,1-6H3,(H,19,20). The summed E-state index contributed by atoms with van der Waals surface area (Å²) in [5.74, 6) is 0.000509. The molecular formula is C17H26N2O. The monoisotopic (exact) mass is 274 g/mol. The summed E-state index contributed by atoms with van der Waals surface area (Å²) in [6.45, 7) is 12.5. The van der Waals surface area contributed by atoms with E-state index >= 15 is 0 Å². The van der Waals surface area contributed by atoms with Gasteiger partial charge in [-0.1, -0.05) is 45.4 Å². The van der Waals surface area contributed by atoms with E-state index in [4.69, 9.17) is 5.73 Å². The van der Waals surface area contributed by atoms with Crippen LogP contribution in [0.1, 0.15) is 49.2 Å². The Morgan fingerprint density at radius 3 is 2.20 bits per heavy atom. The molecule has 0 bridgehead atoms. The lowest BCUT2D eigenvalue weighted by Gasteiger charge is -2.62. The highest BCUT2D eigenvalue weighted by Crippen LogP contribution is 2.52. The molecule has 20 heavy (non-hydrogen) atoms. The van der Waals surface area contributed by atoms with Gasteiger partial charge in [0.2, 0.25) is 0 Å². The molecule has 1 aliphatic carbocycles. The normalized spacial score (nSPS) is 26.8. The molecule has 0 spiro atoms. The van der Waals surface area contributed by atoms with Gasteiger partial charge in [-0.15, -0.1) is 0 Å². The average molecular weight is 274 g/mol. The Morgan fingerprint density at radius 1 is 1.15 bits per heavy atom. The fraction of sp³-hybridized carbons (Fsp3) is 0.588. The second-order valence-electron chi connectivity index (χ2n) is 7.35. The third-order valence-corrected chi connectivity index (χ3v) is 4.99. The number of carbonyl (C=O) groups excluding carboxylic acids is 1. The topological polar surface area (TPSA) is 55.1 Å². The molecule has 0 aliphatic heterocycles. The van der Waals surface area contributed by atoms with Crippen LogP contribution in [0.4, 0.5) is 0 Å². The van der Waals surface area contributed by atoms with E-state index in [1.54, 1.807) is 0 Å². The van der Waals surface area contributed by atoms with Crippen molar-refractivity contribution in [1.29, 1.82) is 0 Å². The van der Waals surface area contributed by atoms with Crippen molar-refractivity contribution in [3.05, 3.63) is 34.9 Å². The first-order valence-corrected chi connectivity index (χ1v) is 7.22. The van der Waals surface area contributed by atoms with Crippen molar-refractivity contribution in [1.82, 2.24) is 5.32 Å². The molecule has 1 aromatic carbocycles. The number of nitrogens with one attached hydrogen (secondary N) is 1. The smallest absolute Gasteiger partial charge is 0.251 e. The summed E-state index contributed by atoms with van der Waals surface area (Å²) < 4.78 is 0. The van der Waals surface area contributed by atoms with Crippen LogP contribution < -0.4 is 11.1 Å². The Balaban J connectivity index is 2.20. The van der Waals surface area contributed by atoms with E-state index in [-0.39, 0.29) is 28.8 Å². The molecule has 0 radical (unpaired) electrons. The highest BCUT2D eigenvalue weighted by atomic mass is 16.1. The first-order chi connectivity index (χ1) is 9.08. The second-order valence-corrected chi connectivity index (χ2v) is 7.35. The zero-order chi connectivity index (χ0) is 15.3. The maximum Gasteiger partial charge on any atom is 0.251 e. The lowest BCUT2D eigenvalue weighted by molar-refractivity contribution is -0.0663. The fourth-order valence-electron chi connectivity index (χ4n) is 3.83. The minimum absolute atomic E-state index is 0.000509. The fourth-order valence-corrected chi connectivity index (χ4v) is 3.83. The quantitative estimate of drug-likeness (QED) is 0.871. The molecule has 0 atom stereocenters. The van der Waals surface area contributed by atoms with Gasteiger partial charge in [-0.3, -0.25) is 4.79 Å². The van der Waals surface area contributed by atoms with Crippen LogP contribution in [0.3, 0.4) is 0 Å². The zero-order valence-electron chi connectivity index (χ0n) is 13.4. The van der Waals surface area contributed by atoms with Gasteiger partial charge < -0.3 is 11.1 Å². The van der Waals surface area contributed by atoms with Crippen LogP contribution in [0.2, 0.25) is 0 Å². The van der Waals surface area contributed by atoms with Gasteiger partial charge >= 0.3 is 0 Å². The van der Waals surface area contributed by atoms with Crippen molar-refractivity contribution in [2.45, 2.75) is 53.6 Å². The van der Waals surface area contributed by atoms with Crippen LogP contribution >= 0.6 is 0 Å². The molecule has 1 amide bonds. The Bertz CT molecular complexity index is 530. The Hall–Kier alpha value is -1.35. The first-order valence-electron chi connectivity index (χ1n) is 7.22. The van der Waals surface area contributed by atoms with E-state index in [0.717, 1.165) is 11.1 Å². The number of amides is 1. The van der Waals surface area contributed by atoms with Crippen molar-refractivity contribution in [2.24, 2.45) is 16.6 Å². The van der Waals surface area contributed by atoms with Crippen molar-refractivity contribution in [2.75, 3.05) is 0 Å². The van der Waals surface area contributed by atoms with Crippen molar-refractivity contribution < 1.29 is 4.79 Å². The molecule has 0 unspecified atom stereocenters. The van der Waals surface area contributed by atoms with E-state index in [0.29, 0.717) is 0 Å². The van der Waals surface area contributed by atoms with E-state index in [1.165, 1.54) is 5.56 Å². The molecule has 1 fully saturated rings. The number of rotatable bonds is 2. The van der Waals surface area contributed by atoms with Crippen molar-refractivity contribution >= 4 is 5.91 Å². The molecule has 0 saturated heterocycles. The summed E-state index contributed by atoms with van der Waals surface area (Å²) in [6.07, 6.45) is 0. The second kappa shape index (κ2) is 4.59. The largest absolute Gasteiger partial charge is 0.348 e. The predicted molar refractivity (Wildman–Crippen MR) is 82.7 cm³/mol. The molecule has 1 aromatic rings. The molecule has 2 rings (SSSR count). The van der Waals surface area contributed by atoms with Crippen molar-refractivity contribution in [3.8, 4) is 0 Å². The summed E-state index contributed by atoms with van der Waals surface area (Å²) >= 11 is 0. The Morgan fingerprint density at radius 2 is 1.70 bits per heavy atom. The summed E-state index contributed by atoms with van der Waals surface area (Å²) in [7, 11) is 0.